The van der Waals surface area contributed by atoms with Gasteiger partial charge in [0, 0.05) is 14.5 Å². The molecule has 0 bridgehead atoms. The molecule has 3 aromatic rings. The molecule has 7 heteroatoms. The van der Waals surface area contributed by atoms with Gasteiger partial charge < -0.3 is 16.8 Å². The van der Waals surface area contributed by atoms with Gasteiger partial charge in [0.2, 0.25) is 0 Å². The number of hydrogen-bond donors (Lipinski definition) is 3. The highest BCUT2D eigenvalue weighted by molar-refractivity contribution is 7.26. The zero-order valence-corrected chi connectivity index (χ0v) is 12.4. The first-order chi connectivity index (χ1) is 10.0. The molecule has 0 unspecified atom stereocenters. The van der Waals surface area contributed by atoms with Gasteiger partial charge in [0.1, 0.15) is 4.88 Å². The molecule has 3 rings (SSSR count). The summed E-state index contributed by atoms with van der Waals surface area (Å²) in [4.78, 5) is 24.6. The lowest BCUT2D eigenvalue weighted by atomic mass is 10.2. The number of primary amides is 2. The Bertz CT molecular complexity index is 818. The summed E-state index contributed by atoms with van der Waals surface area (Å²) in [7, 11) is 0. The Labute approximate surface area is 128 Å². The van der Waals surface area contributed by atoms with Gasteiger partial charge in [-0.05, 0) is 23.6 Å². The minimum Gasteiger partial charge on any atom is -0.365 e. The predicted molar refractivity (Wildman–Crippen MR) is 86.9 cm³/mol. The molecule has 5 nitrogen and oxygen atoms in total. The maximum absolute atomic E-state index is 11.5. The molecule has 0 saturated carbocycles. The average Bonchev–Trinajstić information content (AvgIpc) is 3.00. The smallest absolute Gasteiger partial charge is 0.316 e. The van der Waals surface area contributed by atoms with Crippen LogP contribution in [0.25, 0.3) is 19.8 Å². The third-order valence-corrected chi connectivity index (χ3v) is 5.34. The molecule has 0 saturated heterocycles. The second-order valence-electron chi connectivity index (χ2n) is 4.36. The molecule has 0 radical (unpaired) electrons. The van der Waals surface area contributed by atoms with E-state index in [4.69, 9.17) is 11.5 Å². The average molecular weight is 317 g/mol. The van der Waals surface area contributed by atoms with Crippen LogP contribution in [0.1, 0.15) is 9.67 Å². The number of nitrogens with one attached hydrogen (secondary N) is 1. The standard InChI is InChI=1S/C14H11N3O2S2/c15-13(18)12-8(17-14(16)19)6-11(21-12)10-5-7-3-1-2-4-9(7)20-10/h1-6H,(H2,15,18)(H3,16,17,19). The van der Waals surface area contributed by atoms with Crippen molar-refractivity contribution >= 4 is 50.4 Å². The Morgan fingerprint density at radius 2 is 1.71 bits per heavy atom. The molecule has 106 valence electrons. The molecule has 0 spiro atoms. The topological polar surface area (TPSA) is 98.2 Å². The van der Waals surface area contributed by atoms with E-state index >= 15 is 0 Å². The van der Waals surface area contributed by atoms with Gasteiger partial charge in [-0.15, -0.1) is 22.7 Å². The number of hydrogen-bond acceptors (Lipinski definition) is 4. The molecule has 0 aliphatic rings. The van der Waals surface area contributed by atoms with E-state index in [1.165, 1.54) is 11.3 Å². The van der Waals surface area contributed by atoms with Gasteiger partial charge in [-0.2, -0.15) is 0 Å². The number of thiophene rings is 2. The molecule has 0 aliphatic carbocycles. The minimum atomic E-state index is -0.724. The number of urea groups is 1. The van der Waals surface area contributed by atoms with Crippen LogP contribution in [0.4, 0.5) is 10.5 Å². The molecule has 2 heterocycles. The van der Waals surface area contributed by atoms with Crippen LogP contribution in [-0.4, -0.2) is 11.9 Å². The summed E-state index contributed by atoms with van der Waals surface area (Å²) in [6, 6.07) is 11.1. The third kappa shape index (κ3) is 2.61. The van der Waals surface area contributed by atoms with Gasteiger partial charge in [-0.25, -0.2) is 4.79 Å². The van der Waals surface area contributed by atoms with E-state index in [-0.39, 0.29) is 0 Å². The summed E-state index contributed by atoms with van der Waals surface area (Å²) in [5.41, 5.74) is 10.8. The molecule has 0 atom stereocenters. The number of fused-ring (bicyclic) bond motifs is 1. The van der Waals surface area contributed by atoms with Crippen LogP contribution < -0.4 is 16.8 Å². The fraction of sp³-hybridized carbons (Fsp3) is 0. The highest BCUT2D eigenvalue weighted by Gasteiger charge is 2.17. The lowest BCUT2D eigenvalue weighted by Crippen LogP contribution is -2.21. The van der Waals surface area contributed by atoms with Crippen molar-refractivity contribution in [2.45, 2.75) is 0 Å². The van der Waals surface area contributed by atoms with E-state index in [9.17, 15) is 9.59 Å². The minimum absolute atomic E-state index is 0.293. The van der Waals surface area contributed by atoms with Crippen molar-refractivity contribution < 1.29 is 9.59 Å². The van der Waals surface area contributed by atoms with Crippen molar-refractivity contribution in [1.29, 1.82) is 0 Å². The SMILES string of the molecule is NC(=O)Nc1cc(-c2cc3ccccc3s2)sc1C(N)=O. The maximum Gasteiger partial charge on any atom is 0.316 e. The fourth-order valence-electron chi connectivity index (χ4n) is 2.02. The van der Waals surface area contributed by atoms with Crippen LogP contribution in [0.3, 0.4) is 0 Å². The summed E-state index contributed by atoms with van der Waals surface area (Å²) >= 11 is 2.86. The van der Waals surface area contributed by atoms with Crippen molar-refractivity contribution in [2.24, 2.45) is 11.5 Å². The zero-order chi connectivity index (χ0) is 15.0. The van der Waals surface area contributed by atoms with E-state index < -0.39 is 11.9 Å². The van der Waals surface area contributed by atoms with E-state index in [0.29, 0.717) is 10.6 Å². The summed E-state index contributed by atoms with van der Waals surface area (Å²) < 4.78 is 1.16. The molecular formula is C14H11N3O2S2. The third-order valence-electron chi connectivity index (χ3n) is 2.88. The van der Waals surface area contributed by atoms with Crippen LogP contribution in [0.2, 0.25) is 0 Å². The molecular weight excluding hydrogens is 306 g/mol. The Balaban J connectivity index is 2.09. The fourth-order valence-corrected chi connectivity index (χ4v) is 4.12. The monoisotopic (exact) mass is 317 g/mol. The summed E-state index contributed by atoms with van der Waals surface area (Å²) in [6.07, 6.45) is 0. The number of anilines is 1. The Morgan fingerprint density at radius 1 is 1.00 bits per heavy atom. The van der Waals surface area contributed by atoms with Crippen molar-refractivity contribution in [2.75, 3.05) is 5.32 Å². The normalized spacial score (nSPS) is 10.7. The highest BCUT2D eigenvalue weighted by Crippen LogP contribution is 2.40. The largest absolute Gasteiger partial charge is 0.365 e. The van der Waals surface area contributed by atoms with Crippen LogP contribution in [0.5, 0.6) is 0 Å². The van der Waals surface area contributed by atoms with E-state index in [1.807, 2.05) is 30.3 Å². The number of carbonyl (C=O) groups excluding carboxylic acids is 2. The van der Waals surface area contributed by atoms with E-state index in [2.05, 4.69) is 5.32 Å². The van der Waals surface area contributed by atoms with Crippen LogP contribution in [-0.2, 0) is 0 Å². The van der Waals surface area contributed by atoms with Crippen molar-refractivity contribution in [3.05, 3.63) is 41.3 Å². The van der Waals surface area contributed by atoms with Gasteiger partial charge in [-0.1, -0.05) is 18.2 Å². The number of rotatable bonds is 3. The lowest BCUT2D eigenvalue weighted by Gasteiger charge is -1.98. The number of nitrogens with two attached hydrogens (primary N) is 2. The second kappa shape index (κ2) is 5.19. The predicted octanol–water partition coefficient (Wildman–Crippen LogP) is 3.22. The van der Waals surface area contributed by atoms with Gasteiger partial charge in [0.15, 0.2) is 0 Å². The maximum atomic E-state index is 11.5. The first-order valence-corrected chi connectivity index (χ1v) is 7.67. The number of amides is 3. The zero-order valence-electron chi connectivity index (χ0n) is 10.8. The first-order valence-electron chi connectivity index (χ1n) is 6.03. The van der Waals surface area contributed by atoms with Gasteiger partial charge >= 0.3 is 6.03 Å². The van der Waals surface area contributed by atoms with Crippen LogP contribution >= 0.6 is 22.7 Å². The van der Waals surface area contributed by atoms with Crippen LogP contribution in [0, 0.1) is 0 Å². The Morgan fingerprint density at radius 3 is 2.38 bits per heavy atom. The van der Waals surface area contributed by atoms with Gasteiger partial charge in [-0.3, -0.25) is 4.79 Å². The Hall–Kier alpha value is -2.38. The van der Waals surface area contributed by atoms with E-state index in [1.54, 1.807) is 17.4 Å². The summed E-state index contributed by atoms with van der Waals surface area (Å²) in [5.74, 6) is -0.587. The molecule has 3 amide bonds. The molecule has 5 N–H and O–H groups in total. The highest BCUT2D eigenvalue weighted by atomic mass is 32.1. The lowest BCUT2D eigenvalue weighted by molar-refractivity contribution is 0.100. The van der Waals surface area contributed by atoms with Crippen molar-refractivity contribution in [1.82, 2.24) is 0 Å². The van der Waals surface area contributed by atoms with E-state index in [0.717, 1.165) is 19.8 Å². The first kappa shape index (κ1) is 13.6. The van der Waals surface area contributed by atoms with Gasteiger partial charge in [0.05, 0.1) is 5.69 Å². The molecule has 1 aromatic carbocycles. The van der Waals surface area contributed by atoms with Gasteiger partial charge in [0.25, 0.3) is 5.91 Å². The Kier molecular flexibility index (Phi) is 3.36. The quantitative estimate of drug-likeness (QED) is 0.691. The van der Waals surface area contributed by atoms with Crippen molar-refractivity contribution in [3.8, 4) is 9.75 Å². The molecule has 21 heavy (non-hydrogen) atoms. The number of benzene rings is 1. The second-order valence-corrected chi connectivity index (χ2v) is 6.49. The molecule has 2 aromatic heterocycles. The van der Waals surface area contributed by atoms with Crippen molar-refractivity contribution in [3.63, 3.8) is 0 Å². The molecule has 0 fully saturated rings. The molecule has 0 aliphatic heterocycles. The summed E-state index contributed by atoms with van der Waals surface area (Å²) in [6.45, 7) is 0. The summed E-state index contributed by atoms with van der Waals surface area (Å²) in [5, 5.41) is 3.57. The number of carbonyl (C=O) groups is 2. The van der Waals surface area contributed by atoms with Crippen LogP contribution in [0.15, 0.2) is 36.4 Å².